The molecule has 1 aliphatic heterocycles. The normalized spacial score (nSPS) is 21.1. The minimum Gasteiger partial charge on any atom is -0.357 e. The van der Waals surface area contributed by atoms with E-state index in [1.54, 1.807) is 0 Å². The summed E-state index contributed by atoms with van der Waals surface area (Å²) in [6.45, 7) is 7.93. The molecule has 0 bridgehead atoms. The van der Waals surface area contributed by atoms with Gasteiger partial charge in [0, 0.05) is 45.0 Å². The number of nitrogens with one attached hydrogen (secondary N) is 2. The number of rotatable bonds is 6. The van der Waals surface area contributed by atoms with E-state index in [2.05, 4.69) is 64.8 Å². The Balaban J connectivity index is 1.58. The van der Waals surface area contributed by atoms with Gasteiger partial charge in [0.25, 0.3) is 0 Å². The summed E-state index contributed by atoms with van der Waals surface area (Å²) in [5.41, 5.74) is 2.48. The minimum absolute atomic E-state index is 0.415. The third-order valence-corrected chi connectivity index (χ3v) is 4.94. The van der Waals surface area contributed by atoms with Gasteiger partial charge in [-0.05, 0) is 31.9 Å². The van der Waals surface area contributed by atoms with Gasteiger partial charge in [-0.25, -0.2) is 4.99 Å². The van der Waals surface area contributed by atoms with Crippen LogP contribution in [0.4, 0.5) is 0 Å². The van der Waals surface area contributed by atoms with Crippen molar-refractivity contribution in [3.8, 4) is 0 Å². The van der Waals surface area contributed by atoms with Crippen molar-refractivity contribution >= 4 is 5.96 Å². The molecule has 2 unspecified atom stereocenters. The number of nitrogens with zero attached hydrogens (tertiary/aromatic N) is 4. The number of aromatic nitrogens is 2. The van der Waals surface area contributed by atoms with E-state index in [1.807, 2.05) is 24.0 Å². The molecule has 1 aromatic heterocycles. The molecular weight excluding hydrogens is 324 g/mol. The van der Waals surface area contributed by atoms with Crippen molar-refractivity contribution in [1.29, 1.82) is 0 Å². The second kappa shape index (κ2) is 8.85. The van der Waals surface area contributed by atoms with Crippen molar-refractivity contribution in [2.24, 2.45) is 12.0 Å². The molecular formula is C20H30N6. The molecule has 26 heavy (non-hydrogen) atoms. The van der Waals surface area contributed by atoms with E-state index >= 15 is 0 Å². The Morgan fingerprint density at radius 1 is 1.27 bits per heavy atom. The molecule has 0 radical (unpaired) electrons. The van der Waals surface area contributed by atoms with Crippen LogP contribution in [0.5, 0.6) is 0 Å². The largest absolute Gasteiger partial charge is 0.357 e. The monoisotopic (exact) mass is 354 g/mol. The van der Waals surface area contributed by atoms with Crippen LogP contribution in [0.1, 0.15) is 31.5 Å². The molecule has 0 spiro atoms. The fraction of sp³-hybridized carbons (Fsp3) is 0.500. The molecule has 1 aliphatic rings. The Bertz CT molecular complexity index is 708. The first-order chi connectivity index (χ1) is 12.7. The van der Waals surface area contributed by atoms with Gasteiger partial charge in [-0.2, -0.15) is 5.10 Å². The van der Waals surface area contributed by atoms with Crippen LogP contribution in [0, 0.1) is 0 Å². The molecule has 2 atom stereocenters. The SMILES string of the molecule is CCNC(=NCc1ccnn1C)NC1CC(C)N(Cc2ccccc2)C1. The molecule has 2 heterocycles. The maximum absolute atomic E-state index is 4.73. The van der Waals surface area contributed by atoms with Crippen molar-refractivity contribution in [3.63, 3.8) is 0 Å². The molecule has 1 aromatic carbocycles. The highest BCUT2D eigenvalue weighted by atomic mass is 15.3. The Kier molecular flexibility index (Phi) is 6.28. The summed E-state index contributed by atoms with van der Waals surface area (Å²) < 4.78 is 1.87. The van der Waals surface area contributed by atoms with Gasteiger partial charge in [-0.1, -0.05) is 30.3 Å². The van der Waals surface area contributed by atoms with Gasteiger partial charge in [0.05, 0.1) is 12.2 Å². The summed E-state index contributed by atoms with van der Waals surface area (Å²) in [7, 11) is 1.95. The van der Waals surface area contributed by atoms with E-state index in [-0.39, 0.29) is 0 Å². The zero-order chi connectivity index (χ0) is 18.4. The van der Waals surface area contributed by atoms with Crippen molar-refractivity contribution in [2.75, 3.05) is 13.1 Å². The van der Waals surface area contributed by atoms with Gasteiger partial charge in [-0.15, -0.1) is 0 Å². The van der Waals surface area contributed by atoms with E-state index < -0.39 is 0 Å². The minimum atomic E-state index is 0.415. The number of likely N-dealkylation sites (tertiary alicyclic amines) is 1. The molecule has 6 heteroatoms. The van der Waals surface area contributed by atoms with Crippen LogP contribution in [-0.4, -0.2) is 45.8 Å². The van der Waals surface area contributed by atoms with E-state index in [0.29, 0.717) is 18.6 Å². The average Bonchev–Trinajstić information content (AvgIpc) is 3.19. The van der Waals surface area contributed by atoms with Gasteiger partial charge in [0.1, 0.15) is 0 Å². The maximum Gasteiger partial charge on any atom is 0.191 e. The van der Waals surface area contributed by atoms with E-state index in [1.165, 1.54) is 5.56 Å². The fourth-order valence-electron chi connectivity index (χ4n) is 3.47. The molecule has 0 amide bonds. The Morgan fingerprint density at radius 3 is 2.77 bits per heavy atom. The summed E-state index contributed by atoms with van der Waals surface area (Å²) in [4.78, 5) is 7.27. The maximum atomic E-state index is 4.73. The Morgan fingerprint density at radius 2 is 2.08 bits per heavy atom. The van der Waals surface area contributed by atoms with Crippen molar-refractivity contribution in [2.45, 2.75) is 45.4 Å². The highest BCUT2D eigenvalue weighted by Crippen LogP contribution is 2.20. The molecule has 0 aliphatic carbocycles. The summed E-state index contributed by atoms with van der Waals surface area (Å²) in [6.07, 6.45) is 2.94. The lowest BCUT2D eigenvalue weighted by Crippen LogP contribution is -2.44. The number of hydrogen-bond acceptors (Lipinski definition) is 3. The molecule has 6 nitrogen and oxygen atoms in total. The lowest BCUT2D eigenvalue weighted by molar-refractivity contribution is 0.258. The lowest BCUT2D eigenvalue weighted by Gasteiger charge is -2.21. The summed E-state index contributed by atoms with van der Waals surface area (Å²) in [6, 6.07) is 13.7. The van der Waals surface area contributed by atoms with Gasteiger partial charge in [0.2, 0.25) is 0 Å². The second-order valence-electron chi connectivity index (χ2n) is 6.98. The third-order valence-electron chi connectivity index (χ3n) is 4.94. The molecule has 3 rings (SSSR count). The quantitative estimate of drug-likeness (QED) is 0.616. The predicted molar refractivity (Wildman–Crippen MR) is 106 cm³/mol. The third kappa shape index (κ3) is 4.85. The molecule has 1 saturated heterocycles. The van der Waals surface area contributed by atoms with Crippen LogP contribution in [0.25, 0.3) is 0 Å². The second-order valence-corrected chi connectivity index (χ2v) is 6.98. The smallest absolute Gasteiger partial charge is 0.191 e. The van der Waals surface area contributed by atoms with Crippen molar-refractivity contribution < 1.29 is 0 Å². The summed E-state index contributed by atoms with van der Waals surface area (Å²) in [5, 5.41) is 11.2. The Hall–Kier alpha value is -2.34. The lowest BCUT2D eigenvalue weighted by atomic mass is 10.2. The highest BCUT2D eigenvalue weighted by Gasteiger charge is 2.29. The highest BCUT2D eigenvalue weighted by molar-refractivity contribution is 5.80. The number of hydrogen-bond donors (Lipinski definition) is 2. The molecule has 1 fully saturated rings. The molecule has 2 aromatic rings. The van der Waals surface area contributed by atoms with Gasteiger partial charge in [-0.3, -0.25) is 9.58 Å². The van der Waals surface area contributed by atoms with Gasteiger partial charge >= 0.3 is 0 Å². The van der Waals surface area contributed by atoms with E-state index in [4.69, 9.17) is 4.99 Å². The first kappa shape index (κ1) is 18.5. The molecule has 140 valence electrons. The topological polar surface area (TPSA) is 57.5 Å². The van der Waals surface area contributed by atoms with Crippen molar-refractivity contribution in [1.82, 2.24) is 25.3 Å². The van der Waals surface area contributed by atoms with Crippen molar-refractivity contribution in [3.05, 3.63) is 53.9 Å². The van der Waals surface area contributed by atoms with E-state index in [9.17, 15) is 0 Å². The zero-order valence-electron chi connectivity index (χ0n) is 16.0. The van der Waals surface area contributed by atoms with Crippen LogP contribution in [0.2, 0.25) is 0 Å². The zero-order valence-corrected chi connectivity index (χ0v) is 16.0. The van der Waals surface area contributed by atoms with Crippen LogP contribution in [-0.2, 0) is 20.1 Å². The summed E-state index contributed by atoms with van der Waals surface area (Å²) in [5.74, 6) is 0.882. The van der Waals surface area contributed by atoms with Crippen LogP contribution in [0.15, 0.2) is 47.6 Å². The first-order valence-electron chi connectivity index (χ1n) is 9.45. The summed E-state index contributed by atoms with van der Waals surface area (Å²) >= 11 is 0. The Labute approximate surface area is 156 Å². The first-order valence-corrected chi connectivity index (χ1v) is 9.45. The number of guanidine groups is 1. The van der Waals surface area contributed by atoms with Gasteiger partial charge in [0.15, 0.2) is 5.96 Å². The fourth-order valence-corrected chi connectivity index (χ4v) is 3.47. The number of benzene rings is 1. The average molecular weight is 355 g/mol. The van der Waals surface area contributed by atoms with Gasteiger partial charge < -0.3 is 10.6 Å². The number of aryl methyl sites for hydroxylation is 1. The van der Waals surface area contributed by atoms with Crippen LogP contribution in [0.3, 0.4) is 0 Å². The predicted octanol–water partition coefficient (Wildman–Crippen LogP) is 2.14. The van der Waals surface area contributed by atoms with E-state index in [0.717, 1.165) is 37.7 Å². The van der Waals surface area contributed by atoms with Crippen LogP contribution >= 0.6 is 0 Å². The molecule has 0 saturated carbocycles. The number of aliphatic imine (C=N–C) groups is 1. The van der Waals surface area contributed by atoms with Crippen LogP contribution < -0.4 is 10.6 Å². The molecule has 2 N–H and O–H groups in total. The standard InChI is InChI=1S/C20H30N6/c1-4-21-20(22-13-19-10-11-23-25(19)3)24-18-12-16(2)26(15-18)14-17-8-6-5-7-9-17/h5-11,16,18H,4,12-15H2,1-3H3,(H2,21,22,24).